The van der Waals surface area contributed by atoms with Crippen LogP contribution in [0.3, 0.4) is 0 Å². The molecule has 0 rings (SSSR count). The second kappa shape index (κ2) is 8.43. The molecule has 0 aliphatic heterocycles. The largest absolute Gasteiger partial charge is 0.396 e. The first-order valence-electron chi connectivity index (χ1n) is 5.70. The highest BCUT2D eigenvalue weighted by molar-refractivity contribution is 7.92. The van der Waals surface area contributed by atoms with E-state index in [0.29, 0.717) is 13.0 Å². The number of amides is 1. The molecule has 102 valence electrons. The van der Waals surface area contributed by atoms with Gasteiger partial charge in [0, 0.05) is 19.7 Å². The van der Waals surface area contributed by atoms with Crippen molar-refractivity contribution in [1.82, 2.24) is 10.6 Å². The van der Waals surface area contributed by atoms with Gasteiger partial charge in [0.1, 0.15) is 5.75 Å². The highest BCUT2D eigenvalue weighted by Gasteiger charge is 2.21. The fourth-order valence-corrected chi connectivity index (χ4v) is 2.95. The molecule has 7 heteroatoms. The SMILES string of the molecule is CCCNC(CCO)CS(=O)(=O)CC(=O)NC. The topological polar surface area (TPSA) is 95.5 Å². The molecule has 0 saturated carbocycles. The smallest absolute Gasteiger partial charge is 0.234 e. The van der Waals surface area contributed by atoms with Gasteiger partial charge in [-0.25, -0.2) is 8.42 Å². The zero-order valence-electron chi connectivity index (χ0n) is 10.4. The molecule has 17 heavy (non-hydrogen) atoms. The highest BCUT2D eigenvalue weighted by Crippen LogP contribution is 2.00. The molecule has 1 amide bonds. The highest BCUT2D eigenvalue weighted by atomic mass is 32.2. The molecule has 0 radical (unpaired) electrons. The number of hydrogen-bond donors (Lipinski definition) is 3. The van der Waals surface area contributed by atoms with Crippen molar-refractivity contribution in [2.24, 2.45) is 0 Å². The van der Waals surface area contributed by atoms with Crippen LogP contribution in [-0.2, 0) is 14.6 Å². The van der Waals surface area contributed by atoms with Gasteiger partial charge in [0.2, 0.25) is 5.91 Å². The van der Waals surface area contributed by atoms with Crippen LogP contribution >= 0.6 is 0 Å². The molecular formula is C10H22N2O4S. The summed E-state index contributed by atoms with van der Waals surface area (Å²) < 4.78 is 23.3. The van der Waals surface area contributed by atoms with Gasteiger partial charge in [-0.15, -0.1) is 0 Å². The monoisotopic (exact) mass is 266 g/mol. The summed E-state index contributed by atoms with van der Waals surface area (Å²) in [5.41, 5.74) is 0. The number of aliphatic hydroxyl groups is 1. The Morgan fingerprint density at radius 2 is 2.06 bits per heavy atom. The minimum atomic E-state index is -3.43. The van der Waals surface area contributed by atoms with E-state index >= 15 is 0 Å². The average Bonchev–Trinajstić information content (AvgIpc) is 2.25. The first-order valence-corrected chi connectivity index (χ1v) is 7.52. The summed E-state index contributed by atoms with van der Waals surface area (Å²) in [6.07, 6.45) is 1.25. The standard InChI is InChI=1S/C10H22N2O4S/c1-3-5-12-9(4-6-13)7-17(15,16)8-10(14)11-2/h9,12-13H,3-8H2,1-2H3,(H,11,14). The number of carbonyl (C=O) groups excluding carboxylic acids is 1. The van der Waals surface area contributed by atoms with Gasteiger partial charge >= 0.3 is 0 Å². The van der Waals surface area contributed by atoms with E-state index < -0.39 is 21.5 Å². The molecule has 0 aliphatic carbocycles. The lowest BCUT2D eigenvalue weighted by Gasteiger charge is -2.17. The fourth-order valence-electron chi connectivity index (χ4n) is 1.39. The van der Waals surface area contributed by atoms with Crippen LogP contribution in [0.4, 0.5) is 0 Å². The van der Waals surface area contributed by atoms with Crippen molar-refractivity contribution in [3.8, 4) is 0 Å². The first kappa shape index (κ1) is 16.3. The molecule has 0 aliphatic rings. The lowest BCUT2D eigenvalue weighted by atomic mass is 10.2. The quantitative estimate of drug-likeness (QED) is 0.492. The third kappa shape index (κ3) is 8.12. The molecule has 0 fully saturated rings. The number of nitrogens with one attached hydrogen (secondary N) is 2. The predicted octanol–water partition coefficient (Wildman–Crippen LogP) is -1.10. The number of aliphatic hydroxyl groups excluding tert-OH is 1. The Morgan fingerprint density at radius 3 is 2.53 bits per heavy atom. The number of sulfone groups is 1. The Morgan fingerprint density at radius 1 is 1.41 bits per heavy atom. The molecule has 3 N–H and O–H groups in total. The van der Waals surface area contributed by atoms with E-state index in [-0.39, 0.29) is 18.4 Å². The second-order valence-corrected chi connectivity index (χ2v) is 6.00. The van der Waals surface area contributed by atoms with E-state index in [1.807, 2.05) is 6.92 Å². The van der Waals surface area contributed by atoms with E-state index in [4.69, 9.17) is 5.11 Å². The molecule has 1 unspecified atom stereocenters. The van der Waals surface area contributed by atoms with Crippen molar-refractivity contribution in [2.45, 2.75) is 25.8 Å². The molecule has 0 aromatic carbocycles. The summed E-state index contributed by atoms with van der Waals surface area (Å²) >= 11 is 0. The zero-order valence-corrected chi connectivity index (χ0v) is 11.2. The van der Waals surface area contributed by atoms with Crippen LogP contribution in [0.25, 0.3) is 0 Å². The Bertz CT molecular complexity index is 316. The molecule has 0 spiro atoms. The predicted molar refractivity (Wildman–Crippen MR) is 66.5 cm³/mol. The molecule has 0 bridgehead atoms. The van der Waals surface area contributed by atoms with E-state index in [1.54, 1.807) is 0 Å². The third-order valence-electron chi connectivity index (χ3n) is 2.25. The van der Waals surface area contributed by atoms with Crippen LogP contribution in [0.2, 0.25) is 0 Å². The molecule has 6 nitrogen and oxygen atoms in total. The fraction of sp³-hybridized carbons (Fsp3) is 0.900. The molecular weight excluding hydrogens is 244 g/mol. The van der Waals surface area contributed by atoms with E-state index in [2.05, 4.69) is 10.6 Å². The summed E-state index contributed by atoms with van der Waals surface area (Å²) in [4.78, 5) is 11.0. The summed E-state index contributed by atoms with van der Waals surface area (Å²) in [5.74, 6) is -1.14. The van der Waals surface area contributed by atoms with Crippen molar-refractivity contribution in [3.63, 3.8) is 0 Å². The van der Waals surface area contributed by atoms with Crippen molar-refractivity contribution >= 4 is 15.7 Å². The molecule has 0 heterocycles. The van der Waals surface area contributed by atoms with E-state index in [1.165, 1.54) is 7.05 Å². The Labute approximate surface area is 103 Å². The number of hydrogen-bond acceptors (Lipinski definition) is 5. The van der Waals surface area contributed by atoms with Crippen LogP contribution in [0.1, 0.15) is 19.8 Å². The lowest BCUT2D eigenvalue weighted by molar-refractivity contribution is -0.118. The molecule has 0 aromatic heterocycles. The second-order valence-electron chi connectivity index (χ2n) is 3.89. The van der Waals surface area contributed by atoms with Crippen molar-refractivity contribution < 1.29 is 18.3 Å². The van der Waals surface area contributed by atoms with Gasteiger partial charge in [-0.05, 0) is 19.4 Å². The average molecular weight is 266 g/mol. The van der Waals surface area contributed by atoms with Gasteiger partial charge in [0.15, 0.2) is 9.84 Å². The van der Waals surface area contributed by atoms with Crippen molar-refractivity contribution in [3.05, 3.63) is 0 Å². The van der Waals surface area contributed by atoms with Crippen molar-refractivity contribution in [1.29, 1.82) is 0 Å². The van der Waals surface area contributed by atoms with Crippen LogP contribution in [0.5, 0.6) is 0 Å². The Kier molecular flexibility index (Phi) is 8.11. The Balaban J connectivity index is 4.35. The maximum atomic E-state index is 11.7. The minimum absolute atomic E-state index is 0.0725. The zero-order chi connectivity index (χ0) is 13.3. The summed E-state index contributed by atoms with van der Waals surface area (Å²) in [5, 5.41) is 14.2. The van der Waals surface area contributed by atoms with Gasteiger partial charge in [-0.2, -0.15) is 0 Å². The van der Waals surface area contributed by atoms with Crippen LogP contribution in [0, 0.1) is 0 Å². The lowest BCUT2D eigenvalue weighted by Crippen LogP contribution is -2.39. The van der Waals surface area contributed by atoms with Gasteiger partial charge in [-0.3, -0.25) is 4.79 Å². The third-order valence-corrected chi connectivity index (χ3v) is 3.86. The summed E-state index contributed by atoms with van der Waals surface area (Å²) in [6, 6.07) is -0.297. The maximum absolute atomic E-state index is 11.7. The normalized spacial score (nSPS) is 13.4. The van der Waals surface area contributed by atoms with E-state index in [9.17, 15) is 13.2 Å². The first-order chi connectivity index (χ1) is 7.95. The van der Waals surface area contributed by atoms with E-state index in [0.717, 1.165) is 6.42 Å². The number of carbonyl (C=O) groups is 1. The van der Waals surface area contributed by atoms with Crippen LogP contribution < -0.4 is 10.6 Å². The maximum Gasteiger partial charge on any atom is 0.234 e. The molecule has 0 saturated heterocycles. The van der Waals surface area contributed by atoms with Gasteiger partial charge < -0.3 is 15.7 Å². The molecule has 1 atom stereocenters. The molecule has 0 aromatic rings. The van der Waals surface area contributed by atoms with Gasteiger partial charge in [-0.1, -0.05) is 6.92 Å². The van der Waals surface area contributed by atoms with Gasteiger partial charge in [0.25, 0.3) is 0 Å². The summed E-state index contributed by atoms with van der Waals surface area (Å²) in [6.45, 7) is 2.60. The number of rotatable bonds is 9. The van der Waals surface area contributed by atoms with Crippen LogP contribution in [0.15, 0.2) is 0 Å². The van der Waals surface area contributed by atoms with Crippen LogP contribution in [-0.4, -0.2) is 57.2 Å². The van der Waals surface area contributed by atoms with Crippen molar-refractivity contribution in [2.75, 3.05) is 31.7 Å². The Hall–Kier alpha value is -0.660. The summed E-state index contributed by atoms with van der Waals surface area (Å²) in [7, 11) is -2.03. The minimum Gasteiger partial charge on any atom is -0.396 e. The van der Waals surface area contributed by atoms with Gasteiger partial charge in [0.05, 0.1) is 5.75 Å².